The predicted molar refractivity (Wildman–Crippen MR) is 64.0 cm³/mol. The lowest BCUT2D eigenvalue weighted by molar-refractivity contribution is 0.142. The van der Waals surface area contributed by atoms with Crippen LogP contribution in [0, 0.1) is 11.3 Å². The summed E-state index contributed by atoms with van der Waals surface area (Å²) in [6.45, 7) is 11.4. The summed E-state index contributed by atoms with van der Waals surface area (Å²) in [6.07, 6.45) is 7.19. The van der Waals surface area contributed by atoms with Crippen molar-refractivity contribution in [3.05, 3.63) is 0 Å². The van der Waals surface area contributed by atoms with Gasteiger partial charge in [-0.25, -0.2) is 0 Å². The Bertz CT molecular complexity index is 202. The molecule has 0 aromatic heterocycles. The first-order chi connectivity index (χ1) is 6.37. The van der Waals surface area contributed by atoms with Crippen molar-refractivity contribution in [1.82, 2.24) is 0 Å². The van der Waals surface area contributed by atoms with Gasteiger partial charge in [0.05, 0.1) is 5.54 Å². The zero-order chi connectivity index (χ0) is 10.8. The van der Waals surface area contributed by atoms with Gasteiger partial charge in [-0.3, -0.25) is 4.99 Å². The molecule has 1 heteroatoms. The van der Waals surface area contributed by atoms with E-state index in [9.17, 15) is 0 Å². The molecule has 0 aromatic carbocycles. The largest absolute Gasteiger partial charge is 0.291 e. The number of hydrogen-bond donors (Lipinski definition) is 0. The minimum absolute atomic E-state index is 0.247. The molecular weight excluding hydrogens is 170 g/mol. The number of hydrogen-bond acceptors (Lipinski definition) is 1. The first-order valence-electron chi connectivity index (χ1n) is 5.87. The minimum Gasteiger partial charge on any atom is -0.291 e. The van der Waals surface area contributed by atoms with E-state index in [0.29, 0.717) is 5.41 Å². The van der Waals surface area contributed by atoms with Crippen molar-refractivity contribution in [3.8, 4) is 0 Å². The van der Waals surface area contributed by atoms with Crippen LogP contribution in [0.25, 0.3) is 0 Å². The highest BCUT2D eigenvalue weighted by Crippen LogP contribution is 2.42. The highest BCUT2D eigenvalue weighted by molar-refractivity contribution is 5.54. The molecule has 1 saturated carbocycles. The van der Waals surface area contributed by atoms with E-state index in [0.717, 1.165) is 5.92 Å². The van der Waals surface area contributed by atoms with E-state index >= 15 is 0 Å². The van der Waals surface area contributed by atoms with Crippen molar-refractivity contribution in [2.45, 2.75) is 65.8 Å². The van der Waals surface area contributed by atoms with Crippen molar-refractivity contribution >= 4 is 6.21 Å². The van der Waals surface area contributed by atoms with Gasteiger partial charge in [0, 0.05) is 0 Å². The van der Waals surface area contributed by atoms with Gasteiger partial charge in [0.25, 0.3) is 0 Å². The van der Waals surface area contributed by atoms with Gasteiger partial charge in [-0.15, -0.1) is 0 Å². The van der Waals surface area contributed by atoms with Crippen LogP contribution in [0.2, 0.25) is 0 Å². The molecule has 0 saturated heterocycles. The molecule has 0 atom stereocenters. The summed E-state index contributed by atoms with van der Waals surface area (Å²) in [5.41, 5.74) is 0.730. The second kappa shape index (κ2) is 4.04. The molecular formula is C13H25N. The molecule has 0 radical (unpaired) electrons. The Labute approximate surface area is 89.0 Å². The van der Waals surface area contributed by atoms with E-state index in [1.54, 1.807) is 0 Å². The SMILES string of the molecule is CC=NC1(C)CCC(C(C)(C)C)CC1. The zero-order valence-corrected chi connectivity index (χ0v) is 10.4. The average molecular weight is 195 g/mol. The van der Waals surface area contributed by atoms with Gasteiger partial charge in [-0.2, -0.15) is 0 Å². The second-order valence-electron chi connectivity index (χ2n) is 6.02. The summed E-state index contributed by atoms with van der Waals surface area (Å²) in [5.74, 6) is 0.891. The number of nitrogens with zero attached hydrogens (tertiary/aromatic N) is 1. The van der Waals surface area contributed by atoms with Gasteiger partial charge in [0.2, 0.25) is 0 Å². The van der Waals surface area contributed by atoms with E-state index in [1.165, 1.54) is 25.7 Å². The van der Waals surface area contributed by atoms with E-state index in [2.05, 4.69) is 32.7 Å². The van der Waals surface area contributed by atoms with Crippen molar-refractivity contribution in [3.63, 3.8) is 0 Å². The lowest BCUT2D eigenvalue weighted by Crippen LogP contribution is -2.33. The molecule has 0 N–H and O–H groups in total. The summed E-state index contributed by atoms with van der Waals surface area (Å²) in [5, 5.41) is 0. The highest BCUT2D eigenvalue weighted by Gasteiger charge is 2.34. The Morgan fingerprint density at radius 3 is 2.07 bits per heavy atom. The Balaban J connectivity index is 2.54. The molecule has 1 nitrogen and oxygen atoms in total. The first kappa shape index (κ1) is 11.7. The third-order valence-corrected chi connectivity index (χ3v) is 3.73. The predicted octanol–water partition coefficient (Wildman–Crippen LogP) is 4.07. The summed E-state index contributed by atoms with van der Waals surface area (Å²) < 4.78 is 0. The van der Waals surface area contributed by atoms with Crippen LogP contribution in [0.4, 0.5) is 0 Å². The first-order valence-corrected chi connectivity index (χ1v) is 5.87. The van der Waals surface area contributed by atoms with Crippen molar-refractivity contribution in [2.75, 3.05) is 0 Å². The molecule has 1 rings (SSSR count). The maximum Gasteiger partial charge on any atom is 0.0576 e. The third-order valence-electron chi connectivity index (χ3n) is 3.73. The normalized spacial score (nSPS) is 35.1. The summed E-state index contributed by atoms with van der Waals surface area (Å²) in [6, 6.07) is 0. The molecule has 1 fully saturated rings. The average Bonchev–Trinajstić information content (AvgIpc) is 2.03. The summed E-state index contributed by atoms with van der Waals surface area (Å²) in [4.78, 5) is 4.61. The molecule has 0 unspecified atom stereocenters. The Kier molecular flexibility index (Phi) is 3.39. The minimum atomic E-state index is 0.247. The Morgan fingerprint density at radius 1 is 1.21 bits per heavy atom. The van der Waals surface area contributed by atoms with Gasteiger partial charge in [-0.05, 0) is 57.1 Å². The molecule has 0 spiro atoms. The third kappa shape index (κ3) is 2.83. The van der Waals surface area contributed by atoms with Crippen LogP contribution in [-0.4, -0.2) is 11.8 Å². The Morgan fingerprint density at radius 2 is 1.71 bits per heavy atom. The molecule has 0 bridgehead atoms. The fourth-order valence-corrected chi connectivity index (χ4v) is 2.55. The van der Waals surface area contributed by atoms with Crippen LogP contribution in [0.1, 0.15) is 60.3 Å². The number of rotatable bonds is 1. The molecule has 0 aliphatic heterocycles. The van der Waals surface area contributed by atoms with Gasteiger partial charge < -0.3 is 0 Å². The van der Waals surface area contributed by atoms with Gasteiger partial charge in [0.1, 0.15) is 0 Å². The van der Waals surface area contributed by atoms with E-state index < -0.39 is 0 Å². The molecule has 1 aliphatic carbocycles. The van der Waals surface area contributed by atoms with E-state index in [4.69, 9.17) is 0 Å². The van der Waals surface area contributed by atoms with E-state index in [-0.39, 0.29) is 5.54 Å². The van der Waals surface area contributed by atoms with E-state index in [1.807, 2.05) is 13.1 Å². The van der Waals surface area contributed by atoms with Crippen molar-refractivity contribution in [1.29, 1.82) is 0 Å². The van der Waals surface area contributed by atoms with Gasteiger partial charge in [-0.1, -0.05) is 20.8 Å². The smallest absolute Gasteiger partial charge is 0.0576 e. The van der Waals surface area contributed by atoms with Gasteiger partial charge >= 0.3 is 0 Å². The number of aliphatic imine (C=N–C) groups is 1. The summed E-state index contributed by atoms with van der Waals surface area (Å²) in [7, 11) is 0. The zero-order valence-electron chi connectivity index (χ0n) is 10.4. The fourth-order valence-electron chi connectivity index (χ4n) is 2.55. The molecule has 1 aliphatic rings. The topological polar surface area (TPSA) is 12.4 Å². The fraction of sp³-hybridized carbons (Fsp3) is 0.923. The molecule has 82 valence electrons. The molecule has 0 heterocycles. The summed E-state index contributed by atoms with van der Waals surface area (Å²) >= 11 is 0. The quantitative estimate of drug-likeness (QED) is 0.559. The molecule has 0 amide bonds. The standard InChI is InChI=1S/C13H25N/c1-6-14-13(5)9-7-11(8-10-13)12(2,3)4/h6,11H,7-10H2,1-5H3. The van der Waals surface area contributed by atoms with Crippen LogP contribution in [0.15, 0.2) is 4.99 Å². The monoisotopic (exact) mass is 195 g/mol. The molecule has 0 aromatic rings. The maximum atomic E-state index is 4.61. The second-order valence-corrected chi connectivity index (χ2v) is 6.02. The van der Waals surface area contributed by atoms with Gasteiger partial charge in [0.15, 0.2) is 0 Å². The van der Waals surface area contributed by atoms with Crippen molar-refractivity contribution < 1.29 is 0 Å². The lowest BCUT2D eigenvalue weighted by Gasteiger charge is -2.40. The molecule has 14 heavy (non-hydrogen) atoms. The Hall–Kier alpha value is -0.330. The van der Waals surface area contributed by atoms with Crippen LogP contribution in [0.3, 0.4) is 0 Å². The van der Waals surface area contributed by atoms with Crippen LogP contribution >= 0.6 is 0 Å². The van der Waals surface area contributed by atoms with Crippen LogP contribution < -0.4 is 0 Å². The van der Waals surface area contributed by atoms with Crippen molar-refractivity contribution in [2.24, 2.45) is 16.3 Å². The maximum absolute atomic E-state index is 4.61. The highest BCUT2D eigenvalue weighted by atomic mass is 14.8. The van der Waals surface area contributed by atoms with Crippen LogP contribution in [0.5, 0.6) is 0 Å². The van der Waals surface area contributed by atoms with Crippen LogP contribution in [-0.2, 0) is 0 Å². The lowest BCUT2D eigenvalue weighted by atomic mass is 9.68.